The van der Waals surface area contributed by atoms with Gasteiger partial charge in [0, 0.05) is 44.2 Å². The van der Waals surface area contributed by atoms with Crippen molar-refractivity contribution in [3.63, 3.8) is 0 Å². The summed E-state index contributed by atoms with van der Waals surface area (Å²) in [5.41, 5.74) is 0.747. The number of amides is 2. The Hall–Kier alpha value is -1.63. The standard InChI is InChI=1S/C19H27N3O3.ClH/c23-18(12-17-14-25-11-8-20-17)21-13-15-6-9-22(10-7-15)19(24)16-4-2-1-3-5-16;/h1-5,15,17,20H,6-14H2,(H,21,23);1H. The molecule has 0 radical (unpaired) electrons. The van der Waals surface area contributed by atoms with Crippen LogP contribution in [0.3, 0.4) is 0 Å². The first-order valence-electron chi connectivity index (χ1n) is 9.14. The van der Waals surface area contributed by atoms with Crippen LogP contribution in [0.4, 0.5) is 0 Å². The second-order valence-electron chi connectivity index (χ2n) is 6.84. The lowest BCUT2D eigenvalue weighted by atomic mass is 9.96. The zero-order valence-corrected chi connectivity index (χ0v) is 15.8. The molecule has 0 aliphatic carbocycles. The average Bonchev–Trinajstić information content (AvgIpc) is 2.68. The monoisotopic (exact) mass is 381 g/mol. The van der Waals surface area contributed by atoms with Gasteiger partial charge in [0.25, 0.3) is 5.91 Å². The minimum Gasteiger partial charge on any atom is -0.378 e. The minimum absolute atomic E-state index is 0. The Morgan fingerprint density at radius 2 is 1.92 bits per heavy atom. The molecular weight excluding hydrogens is 354 g/mol. The normalized spacial score (nSPS) is 20.9. The molecule has 2 aliphatic heterocycles. The topological polar surface area (TPSA) is 70.7 Å². The summed E-state index contributed by atoms with van der Waals surface area (Å²) in [6.07, 6.45) is 2.33. The Morgan fingerprint density at radius 1 is 1.19 bits per heavy atom. The molecule has 3 rings (SSSR count). The number of piperidine rings is 1. The first kappa shape index (κ1) is 20.7. The van der Waals surface area contributed by atoms with Gasteiger partial charge in [0.15, 0.2) is 0 Å². The van der Waals surface area contributed by atoms with Gasteiger partial charge in [0.2, 0.25) is 5.91 Å². The summed E-state index contributed by atoms with van der Waals surface area (Å²) >= 11 is 0. The molecule has 2 aliphatic rings. The van der Waals surface area contributed by atoms with Crippen molar-refractivity contribution < 1.29 is 14.3 Å². The molecule has 0 bridgehead atoms. The molecular formula is C19H28ClN3O3. The van der Waals surface area contributed by atoms with E-state index in [2.05, 4.69) is 10.6 Å². The molecule has 0 spiro atoms. The Balaban J connectivity index is 0.00000243. The highest BCUT2D eigenvalue weighted by Gasteiger charge is 2.24. The number of hydrogen-bond acceptors (Lipinski definition) is 4. The lowest BCUT2D eigenvalue weighted by molar-refractivity contribution is -0.122. The van der Waals surface area contributed by atoms with Gasteiger partial charge in [-0.2, -0.15) is 0 Å². The number of hydrogen-bond donors (Lipinski definition) is 2. The van der Waals surface area contributed by atoms with Crippen molar-refractivity contribution in [3.05, 3.63) is 35.9 Å². The lowest BCUT2D eigenvalue weighted by Crippen LogP contribution is -2.45. The summed E-state index contributed by atoms with van der Waals surface area (Å²) in [6.45, 7) is 4.34. The van der Waals surface area contributed by atoms with Gasteiger partial charge in [0.1, 0.15) is 0 Å². The van der Waals surface area contributed by atoms with Crippen LogP contribution in [0.1, 0.15) is 29.6 Å². The van der Waals surface area contributed by atoms with Crippen molar-refractivity contribution in [2.45, 2.75) is 25.3 Å². The van der Waals surface area contributed by atoms with E-state index in [9.17, 15) is 9.59 Å². The van der Waals surface area contributed by atoms with E-state index in [1.54, 1.807) is 0 Å². The molecule has 1 aromatic rings. The number of carbonyl (C=O) groups is 2. The molecule has 0 saturated carbocycles. The van der Waals surface area contributed by atoms with E-state index in [0.29, 0.717) is 25.5 Å². The van der Waals surface area contributed by atoms with Crippen LogP contribution < -0.4 is 10.6 Å². The van der Waals surface area contributed by atoms with Crippen LogP contribution in [0.25, 0.3) is 0 Å². The van der Waals surface area contributed by atoms with Crippen LogP contribution >= 0.6 is 12.4 Å². The molecule has 6 nitrogen and oxygen atoms in total. The van der Waals surface area contributed by atoms with Crippen LogP contribution in [0.2, 0.25) is 0 Å². The number of halogens is 1. The maximum atomic E-state index is 12.4. The van der Waals surface area contributed by atoms with Crippen molar-refractivity contribution in [2.24, 2.45) is 5.92 Å². The Kier molecular flexibility index (Phi) is 8.35. The van der Waals surface area contributed by atoms with Gasteiger partial charge in [-0.15, -0.1) is 12.4 Å². The van der Waals surface area contributed by atoms with E-state index in [1.807, 2.05) is 35.2 Å². The SMILES string of the molecule is Cl.O=C(CC1COCCN1)NCC1CCN(C(=O)c2ccccc2)CC1. The molecule has 2 heterocycles. The van der Waals surface area contributed by atoms with E-state index in [-0.39, 0.29) is 30.3 Å². The number of benzene rings is 1. The van der Waals surface area contributed by atoms with E-state index < -0.39 is 0 Å². The fourth-order valence-corrected chi connectivity index (χ4v) is 3.41. The van der Waals surface area contributed by atoms with Gasteiger partial charge in [0.05, 0.1) is 13.2 Å². The van der Waals surface area contributed by atoms with Crippen LogP contribution in [0.15, 0.2) is 30.3 Å². The number of morpholine rings is 1. The van der Waals surface area contributed by atoms with Crippen LogP contribution in [0.5, 0.6) is 0 Å². The van der Waals surface area contributed by atoms with Gasteiger partial charge < -0.3 is 20.3 Å². The third-order valence-corrected chi connectivity index (χ3v) is 4.94. The Bertz CT molecular complexity index is 571. The number of nitrogens with zero attached hydrogens (tertiary/aromatic N) is 1. The van der Waals surface area contributed by atoms with E-state index in [0.717, 1.165) is 44.6 Å². The van der Waals surface area contributed by atoms with Gasteiger partial charge in [-0.3, -0.25) is 9.59 Å². The summed E-state index contributed by atoms with van der Waals surface area (Å²) in [5.74, 6) is 0.622. The summed E-state index contributed by atoms with van der Waals surface area (Å²) < 4.78 is 5.37. The largest absolute Gasteiger partial charge is 0.378 e. The summed E-state index contributed by atoms with van der Waals surface area (Å²) in [4.78, 5) is 26.4. The highest BCUT2D eigenvalue weighted by Crippen LogP contribution is 2.18. The molecule has 1 unspecified atom stereocenters. The van der Waals surface area contributed by atoms with Crippen LogP contribution in [-0.2, 0) is 9.53 Å². The maximum Gasteiger partial charge on any atom is 0.253 e. The highest BCUT2D eigenvalue weighted by molar-refractivity contribution is 5.94. The van der Waals surface area contributed by atoms with Gasteiger partial charge in [-0.05, 0) is 30.9 Å². The fraction of sp³-hybridized carbons (Fsp3) is 0.579. The second-order valence-corrected chi connectivity index (χ2v) is 6.84. The Labute approximate surface area is 161 Å². The molecule has 2 saturated heterocycles. The van der Waals surface area contributed by atoms with Crippen LogP contribution in [-0.4, -0.2) is 62.1 Å². The number of rotatable bonds is 5. The summed E-state index contributed by atoms with van der Waals surface area (Å²) in [7, 11) is 0. The van der Waals surface area contributed by atoms with E-state index in [1.165, 1.54) is 0 Å². The third kappa shape index (κ3) is 5.97. The van der Waals surface area contributed by atoms with Gasteiger partial charge in [-0.1, -0.05) is 18.2 Å². The molecule has 2 fully saturated rings. The lowest BCUT2D eigenvalue weighted by Gasteiger charge is -2.32. The summed E-state index contributed by atoms with van der Waals surface area (Å²) in [6, 6.07) is 9.54. The highest BCUT2D eigenvalue weighted by atomic mass is 35.5. The predicted octanol–water partition coefficient (Wildman–Crippen LogP) is 1.46. The second kappa shape index (κ2) is 10.5. The number of nitrogens with one attached hydrogen (secondary N) is 2. The van der Waals surface area contributed by atoms with E-state index in [4.69, 9.17) is 4.74 Å². The number of ether oxygens (including phenoxy) is 1. The fourth-order valence-electron chi connectivity index (χ4n) is 3.41. The zero-order valence-electron chi connectivity index (χ0n) is 15.0. The molecule has 26 heavy (non-hydrogen) atoms. The molecule has 7 heteroatoms. The van der Waals surface area contributed by atoms with Crippen molar-refractivity contribution in [1.29, 1.82) is 0 Å². The molecule has 2 N–H and O–H groups in total. The predicted molar refractivity (Wildman–Crippen MR) is 103 cm³/mol. The van der Waals surface area contributed by atoms with Crippen LogP contribution in [0, 0.1) is 5.92 Å². The van der Waals surface area contributed by atoms with Crippen molar-refractivity contribution in [2.75, 3.05) is 39.4 Å². The number of likely N-dealkylation sites (tertiary alicyclic amines) is 1. The first-order valence-corrected chi connectivity index (χ1v) is 9.14. The zero-order chi connectivity index (χ0) is 17.5. The average molecular weight is 382 g/mol. The smallest absolute Gasteiger partial charge is 0.253 e. The first-order chi connectivity index (χ1) is 12.2. The van der Waals surface area contributed by atoms with Crippen molar-refractivity contribution >= 4 is 24.2 Å². The molecule has 2 amide bonds. The molecule has 0 aromatic heterocycles. The Morgan fingerprint density at radius 3 is 2.58 bits per heavy atom. The maximum absolute atomic E-state index is 12.4. The minimum atomic E-state index is 0. The van der Waals surface area contributed by atoms with Crippen molar-refractivity contribution in [3.8, 4) is 0 Å². The molecule has 1 aromatic carbocycles. The molecule has 1 atom stereocenters. The quantitative estimate of drug-likeness (QED) is 0.810. The number of carbonyl (C=O) groups excluding carboxylic acids is 2. The summed E-state index contributed by atoms with van der Waals surface area (Å²) in [5, 5.41) is 6.33. The van der Waals surface area contributed by atoms with E-state index >= 15 is 0 Å². The third-order valence-electron chi connectivity index (χ3n) is 4.94. The van der Waals surface area contributed by atoms with Gasteiger partial charge in [-0.25, -0.2) is 0 Å². The van der Waals surface area contributed by atoms with Crippen molar-refractivity contribution in [1.82, 2.24) is 15.5 Å². The molecule has 144 valence electrons. The van der Waals surface area contributed by atoms with Gasteiger partial charge >= 0.3 is 0 Å².